The van der Waals surface area contributed by atoms with Gasteiger partial charge in [0.15, 0.2) is 0 Å². The van der Waals surface area contributed by atoms with Gasteiger partial charge in [0.2, 0.25) is 10.0 Å². The van der Waals surface area contributed by atoms with Crippen LogP contribution < -0.4 is 4.72 Å². The molecule has 1 atom stereocenters. The molecule has 0 bridgehead atoms. The topological polar surface area (TPSA) is 49.4 Å². The number of rotatable bonds is 6. The van der Waals surface area contributed by atoms with E-state index in [0.29, 0.717) is 11.1 Å². The number of nitrogens with one attached hydrogen (secondary N) is 1. The standard InChI is InChI=1S/C18H19ClF2N2O2S/c19-17-6-2-1-5-16(17)18(23-7-3-4-8-23)12-22-26(24,25)15-10-13(20)9-14(21)11-15/h1-2,5-6,9-11,18,22H,3-4,7-8,12H2/t18-/m0/s1. The monoisotopic (exact) mass is 400 g/mol. The summed E-state index contributed by atoms with van der Waals surface area (Å²) in [6, 6.07) is 9.26. The molecule has 1 fully saturated rings. The van der Waals surface area contributed by atoms with Gasteiger partial charge in [-0.3, -0.25) is 4.90 Å². The molecule has 1 N–H and O–H groups in total. The predicted molar refractivity (Wildman–Crippen MR) is 96.5 cm³/mol. The summed E-state index contributed by atoms with van der Waals surface area (Å²) in [5, 5.41) is 0.556. The lowest BCUT2D eigenvalue weighted by atomic mass is 10.1. The zero-order valence-electron chi connectivity index (χ0n) is 14.0. The Morgan fingerprint density at radius 2 is 1.69 bits per heavy atom. The molecule has 2 aromatic carbocycles. The Bertz CT molecular complexity index is 866. The van der Waals surface area contributed by atoms with Gasteiger partial charge in [0.25, 0.3) is 0 Å². The molecule has 1 aliphatic rings. The smallest absolute Gasteiger partial charge is 0.240 e. The van der Waals surface area contributed by atoms with Crippen molar-refractivity contribution in [2.24, 2.45) is 0 Å². The molecule has 0 saturated carbocycles. The SMILES string of the molecule is O=S(=O)(NC[C@@H](c1ccccc1Cl)N1CCCC1)c1cc(F)cc(F)c1. The van der Waals surface area contributed by atoms with Crippen molar-refractivity contribution in [1.29, 1.82) is 0 Å². The van der Waals surface area contributed by atoms with Crippen LogP contribution in [0.2, 0.25) is 5.02 Å². The first-order valence-corrected chi connectivity index (χ1v) is 10.2. The number of benzene rings is 2. The first-order chi connectivity index (χ1) is 12.4. The molecule has 0 unspecified atom stereocenters. The minimum absolute atomic E-state index is 0.0597. The van der Waals surface area contributed by atoms with E-state index < -0.39 is 26.6 Å². The minimum atomic E-state index is -4.05. The molecule has 26 heavy (non-hydrogen) atoms. The van der Waals surface area contributed by atoms with Gasteiger partial charge in [-0.1, -0.05) is 29.8 Å². The van der Waals surface area contributed by atoms with E-state index in [0.717, 1.165) is 43.6 Å². The quantitative estimate of drug-likeness (QED) is 0.803. The van der Waals surface area contributed by atoms with Crippen LogP contribution in [0.15, 0.2) is 47.4 Å². The Morgan fingerprint density at radius 1 is 1.08 bits per heavy atom. The average Bonchev–Trinajstić information content (AvgIpc) is 3.10. The molecule has 0 aliphatic carbocycles. The van der Waals surface area contributed by atoms with Crippen molar-refractivity contribution < 1.29 is 17.2 Å². The highest BCUT2D eigenvalue weighted by molar-refractivity contribution is 7.89. The molecule has 4 nitrogen and oxygen atoms in total. The fraction of sp³-hybridized carbons (Fsp3) is 0.333. The van der Waals surface area contributed by atoms with Crippen molar-refractivity contribution in [2.45, 2.75) is 23.8 Å². The maximum atomic E-state index is 13.4. The Labute approximate surface area is 156 Å². The largest absolute Gasteiger partial charge is 0.295 e. The van der Waals surface area contributed by atoms with Crippen molar-refractivity contribution in [3.63, 3.8) is 0 Å². The second-order valence-electron chi connectivity index (χ2n) is 6.24. The van der Waals surface area contributed by atoms with Crippen LogP contribution >= 0.6 is 11.6 Å². The Hall–Kier alpha value is -1.54. The molecule has 1 aliphatic heterocycles. The van der Waals surface area contributed by atoms with Crippen LogP contribution in [0.25, 0.3) is 0 Å². The van der Waals surface area contributed by atoms with E-state index in [9.17, 15) is 17.2 Å². The van der Waals surface area contributed by atoms with E-state index in [1.165, 1.54) is 0 Å². The van der Waals surface area contributed by atoms with Crippen LogP contribution in [-0.4, -0.2) is 33.0 Å². The van der Waals surface area contributed by atoms with Crippen LogP contribution in [0, 0.1) is 11.6 Å². The highest BCUT2D eigenvalue weighted by Crippen LogP contribution is 2.30. The minimum Gasteiger partial charge on any atom is -0.295 e. The fourth-order valence-corrected chi connectivity index (χ4v) is 4.53. The van der Waals surface area contributed by atoms with E-state index in [-0.39, 0.29) is 12.6 Å². The molecule has 2 aromatic rings. The Balaban J connectivity index is 1.84. The molecule has 0 aromatic heterocycles. The summed E-state index contributed by atoms with van der Waals surface area (Å²) in [5.74, 6) is -1.87. The number of sulfonamides is 1. The molecule has 0 radical (unpaired) electrons. The summed E-state index contributed by atoms with van der Waals surface area (Å²) >= 11 is 6.30. The van der Waals surface area contributed by atoms with Gasteiger partial charge in [-0.05, 0) is 49.7 Å². The van der Waals surface area contributed by atoms with Crippen molar-refractivity contribution in [1.82, 2.24) is 9.62 Å². The maximum absolute atomic E-state index is 13.4. The van der Waals surface area contributed by atoms with Crippen molar-refractivity contribution in [2.75, 3.05) is 19.6 Å². The number of halogens is 3. The van der Waals surface area contributed by atoms with Gasteiger partial charge in [0, 0.05) is 23.7 Å². The van der Waals surface area contributed by atoms with Gasteiger partial charge < -0.3 is 0 Å². The third kappa shape index (κ3) is 4.40. The lowest BCUT2D eigenvalue weighted by Gasteiger charge is -2.28. The van der Waals surface area contributed by atoms with Crippen LogP contribution in [0.1, 0.15) is 24.4 Å². The average molecular weight is 401 g/mol. The van der Waals surface area contributed by atoms with Crippen LogP contribution in [0.3, 0.4) is 0 Å². The van der Waals surface area contributed by atoms with Crippen LogP contribution in [0.4, 0.5) is 8.78 Å². The highest BCUT2D eigenvalue weighted by atomic mass is 35.5. The second-order valence-corrected chi connectivity index (χ2v) is 8.41. The number of hydrogen-bond acceptors (Lipinski definition) is 3. The summed E-state index contributed by atoms with van der Waals surface area (Å²) in [6.07, 6.45) is 2.06. The third-order valence-corrected chi connectivity index (χ3v) is 6.21. The summed E-state index contributed by atoms with van der Waals surface area (Å²) in [5.41, 5.74) is 0.823. The van der Waals surface area contributed by atoms with Crippen molar-refractivity contribution >= 4 is 21.6 Å². The molecular formula is C18H19ClF2N2O2S. The zero-order valence-corrected chi connectivity index (χ0v) is 15.5. The van der Waals surface area contributed by atoms with Gasteiger partial charge in [0.05, 0.1) is 4.90 Å². The molecule has 0 amide bonds. The number of nitrogens with zero attached hydrogens (tertiary/aromatic N) is 1. The van der Waals surface area contributed by atoms with Crippen LogP contribution in [0.5, 0.6) is 0 Å². The summed E-state index contributed by atoms with van der Waals surface area (Å²) in [6.45, 7) is 1.74. The maximum Gasteiger partial charge on any atom is 0.240 e. The highest BCUT2D eigenvalue weighted by Gasteiger charge is 2.27. The van der Waals surface area contributed by atoms with Crippen molar-refractivity contribution in [3.05, 3.63) is 64.7 Å². The first kappa shape index (κ1) is 19.2. The molecule has 8 heteroatoms. The molecule has 1 saturated heterocycles. The Morgan fingerprint density at radius 3 is 2.31 bits per heavy atom. The van der Waals surface area contributed by atoms with Gasteiger partial charge in [0.1, 0.15) is 11.6 Å². The molecule has 1 heterocycles. The van der Waals surface area contributed by atoms with Gasteiger partial charge in [-0.2, -0.15) is 0 Å². The third-order valence-electron chi connectivity index (χ3n) is 4.46. The molecule has 140 valence electrons. The van der Waals surface area contributed by atoms with Gasteiger partial charge in [-0.15, -0.1) is 0 Å². The van der Waals surface area contributed by atoms with Gasteiger partial charge in [-0.25, -0.2) is 21.9 Å². The van der Waals surface area contributed by atoms with Crippen LogP contribution in [-0.2, 0) is 10.0 Å². The molecule has 3 rings (SSSR count). The number of likely N-dealkylation sites (tertiary alicyclic amines) is 1. The summed E-state index contributed by atoms with van der Waals surface area (Å²) in [4.78, 5) is 1.73. The van der Waals surface area contributed by atoms with E-state index in [1.807, 2.05) is 18.2 Å². The summed E-state index contributed by atoms with van der Waals surface area (Å²) in [7, 11) is -4.05. The van der Waals surface area contributed by atoms with E-state index in [2.05, 4.69) is 9.62 Å². The lowest BCUT2D eigenvalue weighted by Crippen LogP contribution is -2.37. The zero-order chi connectivity index (χ0) is 18.7. The first-order valence-electron chi connectivity index (χ1n) is 8.31. The second kappa shape index (κ2) is 8.00. The predicted octanol–water partition coefficient (Wildman–Crippen LogP) is 3.73. The number of hydrogen-bond donors (Lipinski definition) is 1. The summed E-state index contributed by atoms with van der Waals surface area (Å²) < 4.78 is 54.1. The normalized spacial score (nSPS) is 16.7. The van der Waals surface area contributed by atoms with Gasteiger partial charge >= 0.3 is 0 Å². The van der Waals surface area contributed by atoms with Crippen molar-refractivity contribution in [3.8, 4) is 0 Å². The molecular weight excluding hydrogens is 382 g/mol. The lowest BCUT2D eigenvalue weighted by molar-refractivity contribution is 0.246. The van der Waals surface area contributed by atoms with E-state index in [1.54, 1.807) is 6.07 Å². The fourth-order valence-electron chi connectivity index (χ4n) is 3.19. The molecule has 0 spiro atoms. The van der Waals surface area contributed by atoms with E-state index in [4.69, 9.17) is 11.6 Å². The van der Waals surface area contributed by atoms with E-state index >= 15 is 0 Å². The Kier molecular flexibility index (Phi) is 5.92.